The maximum absolute atomic E-state index is 13.6. The second-order valence-corrected chi connectivity index (χ2v) is 4.95. The Bertz CT molecular complexity index is 445. The van der Waals surface area contributed by atoms with E-state index in [0.717, 1.165) is 0 Å². The third-order valence-electron chi connectivity index (χ3n) is 3.52. The molecule has 0 aromatic heterocycles. The first-order chi connectivity index (χ1) is 9.20. The molecule has 1 amide bonds. The van der Waals surface area contributed by atoms with Gasteiger partial charge in [-0.25, -0.2) is 10.2 Å². The number of nitrogen functional groups attached to an aromatic ring is 1. The molecule has 0 bridgehead atoms. The normalized spacial score (nSPS) is 15.7. The summed E-state index contributed by atoms with van der Waals surface area (Å²) >= 11 is 0. The maximum Gasteiger partial charge on any atom is 0.265 e. The summed E-state index contributed by atoms with van der Waals surface area (Å²) in [6.45, 7) is 0.848. The number of amides is 1. The number of ether oxygens (including phenoxy) is 1. The highest BCUT2D eigenvalue weighted by atomic mass is 19.1. The molecule has 104 valence electrons. The molecule has 5 heteroatoms. The Kier molecular flexibility index (Phi) is 4.87. The van der Waals surface area contributed by atoms with Gasteiger partial charge in [-0.3, -0.25) is 10.2 Å². The van der Waals surface area contributed by atoms with Gasteiger partial charge in [0.2, 0.25) is 0 Å². The minimum Gasteiger partial charge on any atom is -0.376 e. The van der Waals surface area contributed by atoms with Crippen molar-refractivity contribution in [2.45, 2.75) is 32.3 Å². The fourth-order valence-corrected chi connectivity index (χ4v) is 2.42. The fraction of sp³-hybridized carbons (Fsp3) is 0.500. The van der Waals surface area contributed by atoms with E-state index < -0.39 is 5.91 Å². The van der Waals surface area contributed by atoms with Gasteiger partial charge in [0.1, 0.15) is 5.82 Å². The Balaban J connectivity index is 1.92. The summed E-state index contributed by atoms with van der Waals surface area (Å²) in [4.78, 5) is 11.4. The lowest BCUT2D eigenvalue weighted by atomic mass is 10.1. The molecule has 1 fully saturated rings. The second-order valence-electron chi connectivity index (χ2n) is 4.95. The SMILES string of the molecule is NNC(=O)c1ccc(F)c(COCC2CCCC2)c1. The van der Waals surface area contributed by atoms with Gasteiger partial charge < -0.3 is 4.74 Å². The molecule has 0 aliphatic heterocycles. The predicted molar refractivity (Wildman–Crippen MR) is 69.7 cm³/mol. The van der Waals surface area contributed by atoms with Gasteiger partial charge in [0.25, 0.3) is 5.91 Å². The van der Waals surface area contributed by atoms with Crippen LogP contribution in [-0.2, 0) is 11.3 Å². The molecular formula is C14H19FN2O2. The van der Waals surface area contributed by atoms with Crippen LogP contribution in [-0.4, -0.2) is 12.5 Å². The van der Waals surface area contributed by atoms with E-state index in [-0.39, 0.29) is 12.4 Å². The minimum absolute atomic E-state index is 0.189. The Hall–Kier alpha value is -1.46. The van der Waals surface area contributed by atoms with Crippen LogP contribution < -0.4 is 11.3 Å². The van der Waals surface area contributed by atoms with Gasteiger partial charge in [-0.15, -0.1) is 0 Å². The molecule has 4 nitrogen and oxygen atoms in total. The Morgan fingerprint density at radius 3 is 2.84 bits per heavy atom. The fourth-order valence-electron chi connectivity index (χ4n) is 2.42. The summed E-state index contributed by atoms with van der Waals surface area (Å²) in [5.74, 6) is 4.85. The van der Waals surface area contributed by atoms with Gasteiger partial charge in [0.05, 0.1) is 6.61 Å². The van der Waals surface area contributed by atoms with Crippen LogP contribution in [0.3, 0.4) is 0 Å². The zero-order valence-corrected chi connectivity index (χ0v) is 10.8. The molecule has 0 unspecified atom stereocenters. The maximum atomic E-state index is 13.6. The van der Waals surface area contributed by atoms with E-state index in [1.807, 2.05) is 5.43 Å². The largest absolute Gasteiger partial charge is 0.376 e. The molecule has 1 aromatic carbocycles. The molecule has 0 atom stereocenters. The van der Waals surface area contributed by atoms with Crippen molar-refractivity contribution < 1.29 is 13.9 Å². The standard InChI is InChI=1S/C14H19FN2O2/c15-13-6-5-11(14(18)17-16)7-12(13)9-19-8-10-3-1-2-4-10/h5-7,10H,1-4,8-9,16H2,(H,17,18). The van der Waals surface area contributed by atoms with Gasteiger partial charge in [-0.1, -0.05) is 12.8 Å². The van der Waals surface area contributed by atoms with Gasteiger partial charge in [0.15, 0.2) is 0 Å². The van der Waals surface area contributed by atoms with E-state index in [9.17, 15) is 9.18 Å². The van der Waals surface area contributed by atoms with Gasteiger partial charge in [0, 0.05) is 17.7 Å². The number of carbonyl (C=O) groups is 1. The summed E-state index contributed by atoms with van der Waals surface area (Å²) in [5.41, 5.74) is 2.75. The predicted octanol–water partition coefficient (Wildman–Crippen LogP) is 2.14. The Labute approximate surface area is 112 Å². The smallest absolute Gasteiger partial charge is 0.265 e. The average Bonchev–Trinajstić information content (AvgIpc) is 2.93. The van der Waals surface area contributed by atoms with Crippen LogP contribution in [0.4, 0.5) is 4.39 Å². The molecule has 1 aromatic rings. The molecule has 0 saturated heterocycles. The Morgan fingerprint density at radius 2 is 2.16 bits per heavy atom. The van der Waals surface area contributed by atoms with Crippen LogP contribution >= 0.6 is 0 Å². The van der Waals surface area contributed by atoms with E-state index in [1.165, 1.54) is 43.9 Å². The van der Waals surface area contributed by atoms with Crippen molar-refractivity contribution in [3.63, 3.8) is 0 Å². The first kappa shape index (κ1) is 14.0. The van der Waals surface area contributed by atoms with Crippen molar-refractivity contribution in [2.75, 3.05) is 6.61 Å². The summed E-state index contributed by atoms with van der Waals surface area (Å²) < 4.78 is 19.1. The number of hydrogen-bond acceptors (Lipinski definition) is 3. The van der Waals surface area contributed by atoms with Gasteiger partial charge in [-0.05, 0) is 37.0 Å². The molecule has 19 heavy (non-hydrogen) atoms. The quantitative estimate of drug-likeness (QED) is 0.487. The van der Waals surface area contributed by atoms with Crippen molar-refractivity contribution in [1.82, 2.24) is 5.43 Å². The number of hydrogen-bond donors (Lipinski definition) is 2. The lowest BCUT2D eigenvalue weighted by Gasteiger charge is -2.11. The van der Waals surface area contributed by atoms with Crippen molar-refractivity contribution >= 4 is 5.91 Å². The molecule has 3 N–H and O–H groups in total. The van der Waals surface area contributed by atoms with E-state index in [4.69, 9.17) is 10.6 Å². The minimum atomic E-state index is -0.433. The van der Waals surface area contributed by atoms with Crippen LogP contribution in [0.25, 0.3) is 0 Å². The number of benzene rings is 1. The van der Waals surface area contributed by atoms with Crippen LogP contribution in [0, 0.1) is 11.7 Å². The van der Waals surface area contributed by atoms with Crippen LogP contribution in [0.1, 0.15) is 41.6 Å². The number of carbonyl (C=O) groups excluding carboxylic acids is 1. The van der Waals surface area contributed by atoms with Gasteiger partial charge >= 0.3 is 0 Å². The number of rotatable bonds is 5. The van der Waals surface area contributed by atoms with E-state index >= 15 is 0 Å². The average molecular weight is 266 g/mol. The van der Waals surface area contributed by atoms with Crippen molar-refractivity contribution in [1.29, 1.82) is 0 Å². The third kappa shape index (κ3) is 3.75. The Morgan fingerprint density at radius 1 is 1.42 bits per heavy atom. The zero-order valence-electron chi connectivity index (χ0n) is 10.8. The molecule has 1 aliphatic carbocycles. The highest BCUT2D eigenvalue weighted by molar-refractivity contribution is 5.93. The first-order valence-electron chi connectivity index (χ1n) is 6.58. The number of nitrogens with one attached hydrogen (secondary N) is 1. The number of hydrazine groups is 1. The summed E-state index contributed by atoms with van der Waals surface area (Å²) in [7, 11) is 0. The van der Waals surface area contributed by atoms with E-state index in [0.29, 0.717) is 23.7 Å². The summed E-state index contributed by atoms with van der Waals surface area (Å²) in [6, 6.07) is 4.14. The van der Waals surface area contributed by atoms with Crippen LogP contribution in [0.15, 0.2) is 18.2 Å². The summed E-state index contributed by atoms with van der Waals surface area (Å²) in [6.07, 6.45) is 4.90. The zero-order chi connectivity index (χ0) is 13.7. The molecule has 0 radical (unpaired) electrons. The third-order valence-corrected chi connectivity index (χ3v) is 3.52. The lowest BCUT2D eigenvalue weighted by Crippen LogP contribution is -2.30. The molecular weight excluding hydrogens is 247 g/mol. The molecule has 0 heterocycles. The molecule has 1 aliphatic rings. The van der Waals surface area contributed by atoms with E-state index in [2.05, 4.69) is 0 Å². The van der Waals surface area contributed by atoms with E-state index in [1.54, 1.807) is 0 Å². The topological polar surface area (TPSA) is 64.3 Å². The van der Waals surface area contributed by atoms with Crippen molar-refractivity contribution in [3.05, 3.63) is 35.1 Å². The second kappa shape index (κ2) is 6.63. The van der Waals surface area contributed by atoms with Crippen LogP contribution in [0.5, 0.6) is 0 Å². The highest BCUT2D eigenvalue weighted by Crippen LogP contribution is 2.25. The molecule has 1 saturated carbocycles. The van der Waals surface area contributed by atoms with Gasteiger partial charge in [-0.2, -0.15) is 0 Å². The number of halogens is 1. The molecule has 2 rings (SSSR count). The number of nitrogens with two attached hydrogens (primary N) is 1. The summed E-state index contributed by atoms with van der Waals surface area (Å²) in [5, 5.41) is 0. The lowest BCUT2D eigenvalue weighted by molar-refractivity contribution is 0.0867. The highest BCUT2D eigenvalue weighted by Gasteiger charge is 2.15. The molecule has 0 spiro atoms. The monoisotopic (exact) mass is 266 g/mol. The van der Waals surface area contributed by atoms with Crippen LogP contribution in [0.2, 0.25) is 0 Å². The first-order valence-corrected chi connectivity index (χ1v) is 6.58. The van der Waals surface area contributed by atoms with Crippen molar-refractivity contribution in [3.8, 4) is 0 Å². The van der Waals surface area contributed by atoms with Crippen molar-refractivity contribution in [2.24, 2.45) is 11.8 Å².